The number of nitrogens with two attached hydrogens (primary N) is 1. The van der Waals surface area contributed by atoms with Gasteiger partial charge in [0.05, 0.1) is 0 Å². The maximum Gasteiger partial charge on any atom is 0.103 e. The van der Waals surface area contributed by atoms with E-state index in [0.717, 1.165) is 37.8 Å². The van der Waals surface area contributed by atoms with Crippen LogP contribution in [0.5, 0.6) is 0 Å². The van der Waals surface area contributed by atoms with Crippen molar-refractivity contribution in [1.82, 2.24) is 4.90 Å². The van der Waals surface area contributed by atoms with Gasteiger partial charge in [0.1, 0.15) is 4.99 Å². The zero-order valence-electron chi connectivity index (χ0n) is 11.5. The van der Waals surface area contributed by atoms with Crippen LogP contribution in [0.4, 0.5) is 0 Å². The summed E-state index contributed by atoms with van der Waals surface area (Å²) in [4.78, 5) is 2.84. The van der Waals surface area contributed by atoms with Crippen LogP contribution in [-0.2, 0) is 11.3 Å². The van der Waals surface area contributed by atoms with Crippen molar-refractivity contribution in [2.75, 3.05) is 26.8 Å². The van der Waals surface area contributed by atoms with Gasteiger partial charge in [-0.1, -0.05) is 30.4 Å². The Labute approximate surface area is 120 Å². The van der Waals surface area contributed by atoms with Crippen LogP contribution >= 0.6 is 12.2 Å². The monoisotopic (exact) mass is 278 g/mol. The molecule has 0 aromatic heterocycles. The predicted molar refractivity (Wildman–Crippen MR) is 82.2 cm³/mol. The van der Waals surface area contributed by atoms with Crippen molar-refractivity contribution in [2.24, 2.45) is 11.7 Å². The molecule has 0 bridgehead atoms. The summed E-state index contributed by atoms with van der Waals surface area (Å²) in [5, 5.41) is 0. The van der Waals surface area contributed by atoms with Gasteiger partial charge >= 0.3 is 0 Å². The molecular weight excluding hydrogens is 256 g/mol. The molecule has 0 atom stereocenters. The van der Waals surface area contributed by atoms with Gasteiger partial charge in [-0.05, 0) is 37.4 Å². The fourth-order valence-electron chi connectivity index (χ4n) is 2.57. The third-order valence-electron chi connectivity index (χ3n) is 3.57. The summed E-state index contributed by atoms with van der Waals surface area (Å²) in [6.45, 7) is 3.89. The van der Waals surface area contributed by atoms with E-state index < -0.39 is 0 Å². The van der Waals surface area contributed by atoms with Crippen molar-refractivity contribution in [2.45, 2.75) is 19.4 Å². The minimum atomic E-state index is 0.467. The summed E-state index contributed by atoms with van der Waals surface area (Å²) in [6.07, 6.45) is 2.36. The SMILES string of the molecule is CN(Cc1cccc(C(N)=S)c1)CC1CCOCC1. The molecule has 2 rings (SSSR count). The summed E-state index contributed by atoms with van der Waals surface area (Å²) in [5.74, 6) is 0.762. The third-order valence-corrected chi connectivity index (χ3v) is 3.81. The van der Waals surface area contributed by atoms with Gasteiger partial charge in [-0.2, -0.15) is 0 Å². The lowest BCUT2D eigenvalue weighted by Crippen LogP contribution is -2.29. The molecule has 0 amide bonds. The van der Waals surface area contributed by atoms with E-state index in [9.17, 15) is 0 Å². The van der Waals surface area contributed by atoms with E-state index in [4.69, 9.17) is 22.7 Å². The van der Waals surface area contributed by atoms with E-state index in [0.29, 0.717) is 4.99 Å². The van der Waals surface area contributed by atoms with E-state index in [1.807, 2.05) is 12.1 Å². The maximum absolute atomic E-state index is 5.67. The van der Waals surface area contributed by atoms with Crippen LogP contribution in [0.1, 0.15) is 24.0 Å². The molecule has 19 heavy (non-hydrogen) atoms. The molecule has 0 aliphatic carbocycles. The standard InChI is InChI=1S/C15H22N2OS/c1-17(10-12-5-7-18-8-6-12)11-13-3-2-4-14(9-13)15(16)19/h2-4,9,12H,5-8,10-11H2,1H3,(H2,16,19). The van der Waals surface area contributed by atoms with Crippen LogP contribution < -0.4 is 5.73 Å². The molecule has 1 aromatic carbocycles. The Bertz CT molecular complexity index is 430. The molecular formula is C15H22N2OS. The van der Waals surface area contributed by atoms with E-state index in [-0.39, 0.29) is 0 Å². The molecule has 1 heterocycles. The topological polar surface area (TPSA) is 38.5 Å². The quantitative estimate of drug-likeness (QED) is 0.838. The molecule has 1 aromatic rings. The Hall–Kier alpha value is -0.970. The fourth-order valence-corrected chi connectivity index (χ4v) is 2.70. The Morgan fingerprint density at radius 3 is 2.84 bits per heavy atom. The number of ether oxygens (including phenoxy) is 1. The molecule has 0 radical (unpaired) electrons. The molecule has 3 nitrogen and oxygen atoms in total. The summed E-state index contributed by atoms with van der Waals surface area (Å²) in [5.41, 5.74) is 7.88. The van der Waals surface area contributed by atoms with E-state index in [2.05, 4.69) is 24.1 Å². The van der Waals surface area contributed by atoms with Gasteiger partial charge in [0, 0.05) is 31.9 Å². The molecule has 1 aliphatic heterocycles. The van der Waals surface area contributed by atoms with Crippen LogP contribution in [0.2, 0.25) is 0 Å². The highest BCUT2D eigenvalue weighted by molar-refractivity contribution is 7.80. The molecule has 0 unspecified atom stereocenters. The molecule has 2 N–H and O–H groups in total. The van der Waals surface area contributed by atoms with E-state index in [1.54, 1.807) is 0 Å². The van der Waals surface area contributed by atoms with E-state index >= 15 is 0 Å². The lowest BCUT2D eigenvalue weighted by molar-refractivity contribution is 0.0549. The lowest BCUT2D eigenvalue weighted by Gasteiger charge is -2.27. The maximum atomic E-state index is 5.67. The van der Waals surface area contributed by atoms with Crippen molar-refractivity contribution in [1.29, 1.82) is 0 Å². The van der Waals surface area contributed by atoms with Crippen molar-refractivity contribution >= 4 is 17.2 Å². The molecule has 4 heteroatoms. The number of hydrogen-bond acceptors (Lipinski definition) is 3. The first-order valence-electron chi connectivity index (χ1n) is 6.80. The predicted octanol–water partition coefficient (Wildman–Crippen LogP) is 2.18. The van der Waals surface area contributed by atoms with Crippen molar-refractivity contribution in [3.8, 4) is 0 Å². The largest absolute Gasteiger partial charge is 0.389 e. The minimum Gasteiger partial charge on any atom is -0.389 e. The molecule has 1 saturated heterocycles. The highest BCUT2D eigenvalue weighted by atomic mass is 32.1. The summed E-state index contributed by atoms with van der Waals surface area (Å²) < 4.78 is 5.39. The lowest BCUT2D eigenvalue weighted by atomic mass is 9.99. The molecule has 0 saturated carbocycles. The van der Waals surface area contributed by atoms with Crippen molar-refractivity contribution in [3.05, 3.63) is 35.4 Å². The second-order valence-electron chi connectivity index (χ2n) is 5.32. The third kappa shape index (κ3) is 4.56. The van der Waals surface area contributed by atoms with Crippen LogP contribution in [-0.4, -0.2) is 36.7 Å². The number of rotatable bonds is 5. The Balaban J connectivity index is 1.88. The van der Waals surface area contributed by atoms with Crippen molar-refractivity contribution in [3.63, 3.8) is 0 Å². The number of benzene rings is 1. The van der Waals surface area contributed by atoms with Crippen molar-refractivity contribution < 1.29 is 4.74 Å². The average molecular weight is 278 g/mol. The second-order valence-corrected chi connectivity index (χ2v) is 5.76. The van der Waals surface area contributed by atoms with Gasteiger partial charge in [0.2, 0.25) is 0 Å². The number of nitrogens with zero attached hydrogens (tertiary/aromatic N) is 1. The van der Waals surface area contributed by atoms with Gasteiger partial charge in [-0.3, -0.25) is 0 Å². The first-order chi connectivity index (χ1) is 9.15. The summed E-state index contributed by atoms with van der Waals surface area (Å²) >= 11 is 5.02. The van der Waals surface area contributed by atoms with Gasteiger partial charge in [0.25, 0.3) is 0 Å². The Morgan fingerprint density at radius 1 is 1.42 bits per heavy atom. The minimum absolute atomic E-state index is 0.467. The van der Waals surface area contributed by atoms with Gasteiger partial charge in [-0.25, -0.2) is 0 Å². The van der Waals surface area contributed by atoms with Gasteiger partial charge in [0.15, 0.2) is 0 Å². The Morgan fingerprint density at radius 2 is 2.16 bits per heavy atom. The smallest absolute Gasteiger partial charge is 0.103 e. The second kappa shape index (κ2) is 6.98. The highest BCUT2D eigenvalue weighted by Gasteiger charge is 2.15. The highest BCUT2D eigenvalue weighted by Crippen LogP contribution is 2.17. The zero-order valence-corrected chi connectivity index (χ0v) is 12.3. The van der Waals surface area contributed by atoms with Gasteiger partial charge in [-0.15, -0.1) is 0 Å². The first kappa shape index (κ1) is 14.4. The number of thiocarbonyl (C=S) groups is 1. The van der Waals surface area contributed by atoms with Crippen LogP contribution in [0.3, 0.4) is 0 Å². The molecule has 1 aliphatic rings. The van der Waals surface area contributed by atoms with Crippen LogP contribution in [0, 0.1) is 5.92 Å². The molecule has 1 fully saturated rings. The van der Waals surface area contributed by atoms with Gasteiger partial charge < -0.3 is 15.4 Å². The van der Waals surface area contributed by atoms with Crippen LogP contribution in [0.25, 0.3) is 0 Å². The fraction of sp³-hybridized carbons (Fsp3) is 0.533. The van der Waals surface area contributed by atoms with Crippen LogP contribution in [0.15, 0.2) is 24.3 Å². The molecule has 104 valence electrons. The summed E-state index contributed by atoms with van der Waals surface area (Å²) in [7, 11) is 2.17. The average Bonchev–Trinajstić information content (AvgIpc) is 2.40. The normalized spacial score (nSPS) is 16.7. The van der Waals surface area contributed by atoms with E-state index in [1.165, 1.54) is 18.4 Å². The Kier molecular flexibility index (Phi) is 5.31. The molecule has 0 spiro atoms. The summed E-state index contributed by atoms with van der Waals surface area (Å²) in [6, 6.07) is 8.20. The zero-order chi connectivity index (χ0) is 13.7. The first-order valence-corrected chi connectivity index (χ1v) is 7.21. The number of hydrogen-bond donors (Lipinski definition) is 1.